The van der Waals surface area contributed by atoms with Crippen molar-refractivity contribution in [2.45, 2.75) is 25.2 Å². The highest BCUT2D eigenvalue weighted by molar-refractivity contribution is 7.12. The minimum atomic E-state index is -0.835. The van der Waals surface area contributed by atoms with Crippen LogP contribution in [0.2, 0.25) is 0 Å². The molecular formula is C16H19FO2S. The van der Waals surface area contributed by atoms with Gasteiger partial charge in [-0.25, -0.2) is 4.39 Å². The second kappa shape index (κ2) is 6.48. The zero-order valence-electron chi connectivity index (χ0n) is 11.5. The molecule has 0 fully saturated rings. The minimum absolute atomic E-state index is 0.216. The van der Waals surface area contributed by atoms with E-state index in [-0.39, 0.29) is 19.0 Å². The van der Waals surface area contributed by atoms with Gasteiger partial charge in [0.1, 0.15) is 5.82 Å². The molecule has 2 nitrogen and oxygen atoms in total. The van der Waals surface area contributed by atoms with Gasteiger partial charge in [-0.3, -0.25) is 0 Å². The van der Waals surface area contributed by atoms with E-state index in [1.165, 1.54) is 17.0 Å². The third kappa shape index (κ3) is 3.08. The normalized spacial score (nSPS) is 11.8. The van der Waals surface area contributed by atoms with Crippen molar-refractivity contribution < 1.29 is 14.6 Å². The molecule has 0 aliphatic rings. The number of aliphatic hydroxyl groups is 2. The first-order chi connectivity index (χ1) is 9.63. The predicted molar refractivity (Wildman–Crippen MR) is 79.7 cm³/mol. The van der Waals surface area contributed by atoms with Gasteiger partial charge >= 0.3 is 0 Å². The van der Waals surface area contributed by atoms with Crippen molar-refractivity contribution in [1.29, 1.82) is 0 Å². The highest BCUT2D eigenvalue weighted by Crippen LogP contribution is 2.31. The van der Waals surface area contributed by atoms with E-state index in [0.717, 1.165) is 11.3 Å². The Labute approximate surface area is 122 Å². The number of benzene rings is 1. The molecule has 1 aromatic heterocycles. The standard InChI is InChI=1S/C16H19FO2S/c1-2-14-6-7-15(20-14)9-16(10-18,11-19)12-4-3-5-13(17)8-12/h3-8,18-19H,2,9-11H2,1H3. The molecular weight excluding hydrogens is 275 g/mol. The first kappa shape index (κ1) is 15.2. The van der Waals surface area contributed by atoms with Crippen LogP contribution in [0.4, 0.5) is 4.39 Å². The largest absolute Gasteiger partial charge is 0.395 e. The van der Waals surface area contributed by atoms with Gasteiger partial charge in [0.25, 0.3) is 0 Å². The van der Waals surface area contributed by atoms with Crippen LogP contribution < -0.4 is 0 Å². The fourth-order valence-electron chi connectivity index (χ4n) is 2.31. The van der Waals surface area contributed by atoms with Gasteiger partial charge in [0.2, 0.25) is 0 Å². The molecule has 0 aliphatic carbocycles. The minimum Gasteiger partial charge on any atom is -0.395 e. The van der Waals surface area contributed by atoms with Crippen LogP contribution in [0.15, 0.2) is 36.4 Å². The summed E-state index contributed by atoms with van der Waals surface area (Å²) in [4.78, 5) is 2.36. The van der Waals surface area contributed by atoms with Crippen LogP contribution >= 0.6 is 11.3 Å². The Morgan fingerprint density at radius 1 is 1.10 bits per heavy atom. The maximum atomic E-state index is 13.4. The summed E-state index contributed by atoms with van der Waals surface area (Å²) in [6.45, 7) is 1.66. The highest BCUT2D eigenvalue weighted by atomic mass is 32.1. The van der Waals surface area contributed by atoms with E-state index in [4.69, 9.17) is 0 Å². The Hall–Kier alpha value is -1.23. The molecule has 20 heavy (non-hydrogen) atoms. The lowest BCUT2D eigenvalue weighted by atomic mass is 9.78. The number of halogens is 1. The smallest absolute Gasteiger partial charge is 0.123 e. The third-order valence-electron chi connectivity index (χ3n) is 3.62. The molecule has 0 atom stereocenters. The Morgan fingerprint density at radius 3 is 2.35 bits per heavy atom. The third-order valence-corrected chi connectivity index (χ3v) is 4.85. The van der Waals surface area contributed by atoms with Gasteiger partial charge in [0.15, 0.2) is 0 Å². The zero-order chi connectivity index (χ0) is 14.6. The lowest BCUT2D eigenvalue weighted by molar-refractivity contribution is 0.116. The number of aryl methyl sites for hydroxylation is 1. The molecule has 108 valence electrons. The van der Waals surface area contributed by atoms with Crippen LogP contribution in [0.3, 0.4) is 0 Å². The van der Waals surface area contributed by atoms with Crippen LogP contribution in [0.25, 0.3) is 0 Å². The van der Waals surface area contributed by atoms with Crippen LogP contribution in [0.5, 0.6) is 0 Å². The fourth-order valence-corrected chi connectivity index (χ4v) is 3.41. The molecule has 0 unspecified atom stereocenters. The zero-order valence-corrected chi connectivity index (χ0v) is 12.3. The summed E-state index contributed by atoms with van der Waals surface area (Å²) in [7, 11) is 0. The molecule has 2 aromatic rings. The number of hydrogen-bond acceptors (Lipinski definition) is 3. The van der Waals surface area contributed by atoms with Gasteiger partial charge in [-0.15, -0.1) is 11.3 Å². The van der Waals surface area contributed by atoms with E-state index < -0.39 is 5.41 Å². The number of rotatable bonds is 6. The monoisotopic (exact) mass is 294 g/mol. The van der Waals surface area contributed by atoms with Gasteiger partial charge in [0, 0.05) is 15.2 Å². The van der Waals surface area contributed by atoms with Gasteiger partial charge in [0.05, 0.1) is 13.2 Å². The highest BCUT2D eigenvalue weighted by Gasteiger charge is 2.32. The number of thiophene rings is 1. The summed E-state index contributed by atoms with van der Waals surface area (Å²) in [5.74, 6) is -0.353. The van der Waals surface area contributed by atoms with Gasteiger partial charge < -0.3 is 10.2 Å². The van der Waals surface area contributed by atoms with E-state index in [1.54, 1.807) is 23.5 Å². The molecule has 4 heteroatoms. The molecule has 0 radical (unpaired) electrons. The van der Waals surface area contributed by atoms with Crippen LogP contribution in [-0.2, 0) is 18.3 Å². The van der Waals surface area contributed by atoms with Crippen molar-refractivity contribution in [3.8, 4) is 0 Å². The summed E-state index contributed by atoms with van der Waals surface area (Å²) in [6.07, 6.45) is 1.48. The Bertz CT molecular complexity index is 561. The maximum Gasteiger partial charge on any atom is 0.123 e. The molecule has 0 aliphatic heterocycles. The maximum absolute atomic E-state index is 13.4. The van der Waals surface area contributed by atoms with Crippen molar-refractivity contribution in [2.24, 2.45) is 0 Å². The topological polar surface area (TPSA) is 40.5 Å². The average molecular weight is 294 g/mol. The quantitative estimate of drug-likeness (QED) is 0.860. The summed E-state index contributed by atoms with van der Waals surface area (Å²) in [5.41, 5.74) is -0.202. The fraction of sp³-hybridized carbons (Fsp3) is 0.375. The van der Waals surface area contributed by atoms with E-state index in [1.807, 2.05) is 6.07 Å². The molecule has 2 rings (SSSR count). The number of hydrogen-bond donors (Lipinski definition) is 2. The predicted octanol–water partition coefficient (Wildman–Crippen LogP) is 2.91. The van der Waals surface area contributed by atoms with Crippen molar-refractivity contribution >= 4 is 11.3 Å². The molecule has 1 aromatic carbocycles. The van der Waals surface area contributed by atoms with E-state index in [9.17, 15) is 14.6 Å². The first-order valence-corrected chi connectivity index (χ1v) is 7.50. The van der Waals surface area contributed by atoms with E-state index in [2.05, 4.69) is 13.0 Å². The van der Waals surface area contributed by atoms with Crippen molar-refractivity contribution in [2.75, 3.05) is 13.2 Å². The van der Waals surface area contributed by atoms with Gasteiger partial charge in [-0.2, -0.15) is 0 Å². The summed E-state index contributed by atoms with van der Waals surface area (Å²) in [5, 5.41) is 19.5. The number of aliphatic hydroxyl groups excluding tert-OH is 2. The first-order valence-electron chi connectivity index (χ1n) is 6.69. The van der Waals surface area contributed by atoms with Gasteiger partial charge in [-0.1, -0.05) is 19.1 Å². The second-order valence-corrected chi connectivity index (χ2v) is 6.26. The molecule has 0 spiro atoms. The summed E-state index contributed by atoms with van der Waals surface area (Å²) >= 11 is 1.67. The lowest BCUT2D eigenvalue weighted by Crippen LogP contribution is -2.37. The lowest BCUT2D eigenvalue weighted by Gasteiger charge is -2.30. The van der Waals surface area contributed by atoms with E-state index >= 15 is 0 Å². The Morgan fingerprint density at radius 2 is 1.80 bits per heavy atom. The van der Waals surface area contributed by atoms with Crippen molar-refractivity contribution in [3.63, 3.8) is 0 Å². The van der Waals surface area contributed by atoms with Crippen LogP contribution in [-0.4, -0.2) is 23.4 Å². The second-order valence-electron chi connectivity index (χ2n) is 5.01. The molecule has 0 saturated heterocycles. The van der Waals surface area contributed by atoms with Crippen LogP contribution in [0, 0.1) is 5.82 Å². The SMILES string of the molecule is CCc1ccc(CC(CO)(CO)c2cccc(F)c2)s1. The van der Waals surface area contributed by atoms with Crippen molar-refractivity contribution in [1.82, 2.24) is 0 Å². The Balaban J connectivity index is 2.33. The summed E-state index contributed by atoms with van der Waals surface area (Å²) < 4.78 is 13.4. The van der Waals surface area contributed by atoms with Gasteiger partial charge in [-0.05, 0) is 42.7 Å². The Kier molecular flexibility index (Phi) is 4.91. The molecule has 0 amide bonds. The van der Waals surface area contributed by atoms with Crippen molar-refractivity contribution in [3.05, 3.63) is 57.5 Å². The molecule has 2 N–H and O–H groups in total. The molecule has 0 bridgehead atoms. The van der Waals surface area contributed by atoms with Crippen LogP contribution in [0.1, 0.15) is 22.2 Å². The molecule has 0 saturated carbocycles. The molecule has 1 heterocycles. The average Bonchev–Trinajstić information content (AvgIpc) is 2.92. The van der Waals surface area contributed by atoms with E-state index in [0.29, 0.717) is 12.0 Å². The summed E-state index contributed by atoms with van der Waals surface area (Å²) in [6, 6.07) is 10.2.